The number of rotatable bonds is 62. The van der Waals surface area contributed by atoms with E-state index in [4.69, 9.17) is 18.5 Å². The third-order valence-corrected chi connectivity index (χ3v) is 15.5. The molecular weight excluding hydrogens is 1060 g/mol. The first-order valence-corrected chi connectivity index (χ1v) is 35.7. The zero-order valence-corrected chi connectivity index (χ0v) is 55.7. The first-order valence-electron chi connectivity index (χ1n) is 34.2. The van der Waals surface area contributed by atoms with Gasteiger partial charge in [0.1, 0.15) is 19.8 Å². The van der Waals surface area contributed by atoms with Gasteiger partial charge in [-0.15, -0.1) is 0 Å². The zero-order valence-electron chi connectivity index (χ0n) is 54.8. The van der Waals surface area contributed by atoms with Crippen molar-refractivity contribution in [3.05, 3.63) is 122 Å². The van der Waals surface area contributed by atoms with Crippen LogP contribution in [-0.2, 0) is 32.7 Å². The number of ether oxygens (including phenoxy) is 2. The number of nitrogens with zero attached hydrogens (tertiary/aromatic N) is 1. The van der Waals surface area contributed by atoms with Crippen molar-refractivity contribution in [1.82, 2.24) is 0 Å². The first kappa shape index (κ1) is 80.4. The molecule has 0 rings (SSSR count). The SMILES string of the molecule is CC/C=C\C/C=C\C/C=C\C/C=C\C/C=C\C/C=C\C/C=C\C/C=C\C/C=C\C/C=C\CCCCC(=O)OC(COC(=O)CCCCCCCCCCCCCCCCCCCCCCCCCCCCC)COP(=O)([O-])OCC[N+](C)(C)C. The molecule has 0 fully saturated rings. The standard InChI is InChI=1S/C74H128NO8P/c1-6-8-10-12-14-16-18-20-22-24-26-28-30-32-34-35-36-37-38-39-41-43-45-47-49-51-53-55-57-59-61-63-65-67-74(77)83-72(71-82-84(78,79)81-69-68-75(3,4)5)70-80-73(76)66-64-62-60-58-56-54-52-50-48-46-44-42-40-33-31-29-27-25-23-21-19-17-15-13-11-9-7-2/h8,10,14,16,20,22,26,28,32,34,36-37,39,41,45,47,51,53,57,59,72H,6-7,9,11-13,15,17-19,21,23-25,27,29-31,33,35,38,40,42-44,46,48-50,52,54-56,58,60-71H2,1-5H3/b10-8-,16-14-,22-20-,28-26-,34-32-,37-36-,41-39-,47-45-,53-51-,59-57-. The predicted molar refractivity (Wildman–Crippen MR) is 360 cm³/mol. The number of carbonyl (C=O) groups is 2. The molecule has 0 spiro atoms. The van der Waals surface area contributed by atoms with Crippen molar-refractivity contribution in [2.45, 2.75) is 290 Å². The van der Waals surface area contributed by atoms with Crippen LogP contribution in [0.2, 0.25) is 0 Å². The average Bonchev–Trinajstić information content (AvgIpc) is 3.61. The molecule has 2 unspecified atom stereocenters. The summed E-state index contributed by atoms with van der Waals surface area (Å²) in [7, 11) is 1.13. The van der Waals surface area contributed by atoms with E-state index < -0.39 is 32.5 Å². The summed E-state index contributed by atoms with van der Waals surface area (Å²) in [5, 5.41) is 0. The molecule has 482 valence electrons. The zero-order chi connectivity index (χ0) is 61.2. The smallest absolute Gasteiger partial charge is 0.306 e. The molecule has 0 bridgehead atoms. The summed E-state index contributed by atoms with van der Waals surface area (Å²) in [5.74, 6) is -0.882. The molecule has 9 nitrogen and oxygen atoms in total. The summed E-state index contributed by atoms with van der Waals surface area (Å²) in [6, 6.07) is 0. The van der Waals surface area contributed by atoms with E-state index in [1.807, 2.05) is 21.1 Å². The lowest BCUT2D eigenvalue weighted by Gasteiger charge is -2.28. The minimum absolute atomic E-state index is 0.0445. The number of hydrogen-bond donors (Lipinski definition) is 0. The number of esters is 2. The van der Waals surface area contributed by atoms with Gasteiger partial charge < -0.3 is 27.9 Å². The number of carbonyl (C=O) groups excluding carboxylic acids is 2. The van der Waals surface area contributed by atoms with Crippen LogP contribution in [0.15, 0.2) is 122 Å². The molecule has 0 saturated carbocycles. The lowest BCUT2D eigenvalue weighted by molar-refractivity contribution is -0.870. The van der Waals surface area contributed by atoms with Gasteiger partial charge in [-0.25, -0.2) is 0 Å². The van der Waals surface area contributed by atoms with Crippen LogP contribution in [-0.4, -0.2) is 70.0 Å². The fraction of sp³-hybridized carbons (Fsp3) is 0.703. The van der Waals surface area contributed by atoms with Crippen LogP contribution in [0.3, 0.4) is 0 Å². The third-order valence-electron chi connectivity index (χ3n) is 14.5. The fourth-order valence-corrected chi connectivity index (χ4v) is 10.0. The van der Waals surface area contributed by atoms with Gasteiger partial charge in [0.05, 0.1) is 27.7 Å². The van der Waals surface area contributed by atoms with E-state index in [9.17, 15) is 19.0 Å². The van der Waals surface area contributed by atoms with Crippen molar-refractivity contribution in [2.24, 2.45) is 0 Å². The fourth-order valence-electron chi connectivity index (χ4n) is 9.27. The van der Waals surface area contributed by atoms with Gasteiger partial charge in [-0.1, -0.05) is 302 Å². The van der Waals surface area contributed by atoms with E-state index in [2.05, 4.69) is 135 Å². The van der Waals surface area contributed by atoms with E-state index in [1.165, 1.54) is 154 Å². The Labute approximate surface area is 518 Å². The Morgan fingerprint density at radius 1 is 0.381 bits per heavy atom. The second kappa shape index (κ2) is 63.9. The molecule has 0 saturated heterocycles. The maximum absolute atomic E-state index is 12.8. The molecule has 0 aliphatic rings. The maximum Gasteiger partial charge on any atom is 0.306 e. The summed E-state index contributed by atoms with van der Waals surface area (Å²) < 4.78 is 34.2. The molecular formula is C74H128NO8P. The van der Waals surface area contributed by atoms with Crippen LogP contribution >= 0.6 is 7.82 Å². The predicted octanol–water partition coefficient (Wildman–Crippen LogP) is 21.6. The first-order chi connectivity index (χ1) is 41.0. The summed E-state index contributed by atoms with van der Waals surface area (Å²) in [6.07, 6.45) is 91.4. The number of unbranched alkanes of at least 4 members (excludes halogenated alkanes) is 28. The molecule has 2 atom stereocenters. The van der Waals surface area contributed by atoms with E-state index >= 15 is 0 Å². The summed E-state index contributed by atoms with van der Waals surface area (Å²) in [6.45, 7) is 4.10. The van der Waals surface area contributed by atoms with Gasteiger partial charge in [-0.3, -0.25) is 14.2 Å². The molecule has 0 aromatic carbocycles. The highest BCUT2D eigenvalue weighted by Crippen LogP contribution is 2.38. The molecule has 0 aliphatic heterocycles. The molecule has 0 radical (unpaired) electrons. The third kappa shape index (κ3) is 67.5. The molecule has 10 heteroatoms. The highest BCUT2D eigenvalue weighted by Gasteiger charge is 2.22. The Bertz CT molecular complexity index is 1830. The summed E-state index contributed by atoms with van der Waals surface area (Å²) in [4.78, 5) is 38.0. The van der Waals surface area contributed by atoms with Crippen molar-refractivity contribution >= 4 is 19.8 Å². The summed E-state index contributed by atoms with van der Waals surface area (Å²) >= 11 is 0. The topological polar surface area (TPSA) is 111 Å². The lowest BCUT2D eigenvalue weighted by atomic mass is 10.0. The van der Waals surface area contributed by atoms with Crippen LogP contribution in [0.25, 0.3) is 0 Å². The largest absolute Gasteiger partial charge is 0.756 e. The van der Waals surface area contributed by atoms with E-state index in [1.54, 1.807) is 0 Å². The van der Waals surface area contributed by atoms with E-state index in [-0.39, 0.29) is 26.1 Å². The maximum atomic E-state index is 12.8. The number of phosphoric acid groups is 1. The number of hydrogen-bond acceptors (Lipinski definition) is 8. The van der Waals surface area contributed by atoms with Gasteiger partial charge in [0.15, 0.2) is 6.10 Å². The highest BCUT2D eigenvalue weighted by atomic mass is 31.2. The van der Waals surface area contributed by atoms with Gasteiger partial charge in [0, 0.05) is 12.8 Å². The lowest BCUT2D eigenvalue weighted by Crippen LogP contribution is -2.37. The van der Waals surface area contributed by atoms with E-state index in [0.29, 0.717) is 17.4 Å². The molecule has 0 N–H and O–H groups in total. The minimum Gasteiger partial charge on any atom is -0.756 e. The van der Waals surface area contributed by atoms with Crippen molar-refractivity contribution in [3.63, 3.8) is 0 Å². The Kier molecular flexibility index (Phi) is 61.2. The average molecular weight is 1190 g/mol. The van der Waals surface area contributed by atoms with Crippen molar-refractivity contribution < 1.29 is 42.1 Å². The molecule has 0 aliphatic carbocycles. The molecule has 0 aromatic heterocycles. The number of allylic oxidation sites excluding steroid dienone is 20. The Balaban J connectivity index is 4.19. The van der Waals surface area contributed by atoms with Crippen LogP contribution in [0.1, 0.15) is 284 Å². The van der Waals surface area contributed by atoms with E-state index in [0.717, 1.165) is 96.3 Å². The second-order valence-corrected chi connectivity index (χ2v) is 25.2. The quantitative estimate of drug-likeness (QED) is 0.0195. The number of quaternary nitrogens is 1. The van der Waals surface area contributed by atoms with Crippen molar-refractivity contribution in [2.75, 3.05) is 47.5 Å². The van der Waals surface area contributed by atoms with Crippen LogP contribution in [0, 0.1) is 0 Å². The van der Waals surface area contributed by atoms with Crippen molar-refractivity contribution in [3.8, 4) is 0 Å². The minimum atomic E-state index is -4.66. The normalized spacial score (nSPS) is 13.9. The molecule has 0 amide bonds. The molecule has 84 heavy (non-hydrogen) atoms. The Hall–Kier alpha value is -3.59. The Morgan fingerprint density at radius 3 is 1.01 bits per heavy atom. The van der Waals surface area contributed by atoms with Gasteiger partial charge >= 0.3 is 11.9 Å². The highest BCUT2D eigenvalue weighted by molar-refractivity contribution is 7.45. The number of phosphoric ester groups is 1. The molecule has 0 aromatic rings. The van der Waals surface area contributed by atoms with Crippen LogP contribution in [0.5, 0.6) is 0 Å². The second-order valence-electron chi connectivity index (χ2n) is 23.8. The van der Waals surface area contributed by atoms with Gasteiger partial charge in [0.25, 0.3) is 7.82 Å². The van der Waals surface area contributed by atoms with Crippen molar-refractivity contribution in [1.29, 1.82) is 0 Å². The van der Waals surface area contributed by atoms with Crippen LogP contribution in [0.4, 0.5) is 0 Å². The summed E-state index contributed by atoms with van der Waals surface area (Å²) in [5.41, 5.74) is 0. The van der Waals surface area contributed by atoms with Crippen LogP contribution < -0.4 is 4.89 Å². The Morgan fingerprint density at radius 2 is 0.679 bits per heavy atom. The van der Waals surface area contributed by atoms with Gasteiger partial charge in [-0.05, 0) is 89.9 Å². The molecule has 0 heterocycles. The van der Waals surface area contributed by atoms with Gasteiger partial charge in [-0.2, -0.15) is 0 Å². The monoisotopic (exact) mass is 1190 g/mol. The van der Waals surface area contributed by atoms with Gasteiger partial charge in [0.2, 0.25) is 0 Å². The number of likely N-dealkylation sites (N-methyl/N-ethyl adjacent to an activating group) is 1.